The summed E-state index contributed by atoms with van der Waals surface area (Å²) in [6, 6.07) is 0. The summed E-state index contributed by atoms with van der Waals surface area (Å²) in [5.41, 5.74) is 0.571. The molecular weight excluding hydrogens is 263 g/mol. The highest BCUT2D eigenvalue weighted by molar-refractivity contribution is 5.09. The van der Waals surface area contributed by atoms with Gasteiger partial charge in [-0.15, -0.1) is 0 Å². The topological polar surface area (TPSA) is 20.2 Å². The van der Waals surface area contributed by atoms with Gasteiger partial charge in [-0.25, -0.2) is 4.39 Å². The number of hydrogen-bond donors (Lipinski definition) is 1. The molecule has 21 heavy (non-hydrogen) atoms. The first-order valence-corrected chi connectivity index (χ1v) is 9.27. The predicted octanol–water partition coefficient (Wildman–Crippen LogP) is 4.73. The van der Waals surface area contributed by atoms with Crippen molar-refractivity contribution in [3.63, 3.8) is 0 Å². The summed E-state index contributed by atoms with van der Waals surface area (Å²) in [7, 11) is 0. The van der Waals surface area contributed by atoms with Crippen LogP contribution < -0.4 is 0 Å². The molecule has 0 aromatic heterocycles. The Hall–Kier alpha value is -0.110. The van der Waals surface area contributed by atoms with Gasteiger partial charge in [0.15, 0.2) is 0 Å². The molecule has 4 rings (SSSR count). The second kappa shape index (κ2) is 4.69. The minimum atomic E-state index is -0.769. The van der Waals surface area contributed by atoms with Crippen molar-refractivity contribution in [2.45, 2.75) is 83.9 Å². The van der Waals surface area contributed by atoms with Gasteiger partial charge < -0.3 is 5.11 Å². The molecule has 0 aromatic rings. The molecule has 4 aliphatic rings. The van der Waals surface area contributed by atoms with Crippen molar-refractivity contribution in [2.75, 3.05) is 0 Å². The molecule has 0 aliphatic heterocycles. The number of halogens is 1. The van der Waals surface area contributed by atoms with E-state index in [0.29, 0.717) is 30.1 Å². The number of rotatable bonds is 0. The Balaban J connectivity index is 1.66. The summed E-state index contributed by atoms with van der Waals surface area (Å²) in [5, 5.41) is 10.7. The maximum atomic E-state index is 13.9. The van der Waals surface area contributed by atoms with E-state index >= 15 is 0 Å². The van der Waals surface area contributed by atoms with Gasteiger partial charge in [0.05, 0.1) is 6.10 Å². The molecule has 0 spiro atoms. The molecule has 0 radical (unpaired) electrons. The van der Waals surface area contributed by atoms with Crippen LogP contribution in [0.5, 0.6) is 0 Å². The van der Waals surface area contributed by atoms with Crippen molar-refractivity contribution in [2.24, 2.45) is 34.5 Å². The van der Waals surface area contributed by atoms with Crippen molar-refractivity contribution in [3.05, 3.63) is 0 Å². The zero-order chi connectivity index (χ0) is 14.8. The van der Waals surface area contributed by atoms with Crippen LogP contribution in [0.3, 0.4) is 0 Å². The Morgan fingerprint density at radius 1 is 0.952 bits per heavy atom. The van der Waals surface area contributed by atoms with Crippen LogP contribution in [0, 0.1) is 34.5 Å². The third-order valence-electron chi connectivity index (χ3n) is 8.48. The summed E-state index contributed by atoms with van der Waals surface area (Å²) in [5.74, 6) is 2.75. The fraction of sp³-hybridized carbons (Fsp3) is 1.00. The average Bonchev–Trinajstić information content (AvgIpc) is 2.82. The summed E-state index contributed by atoms with van der Waals surface area (Å²) in [6.45, 7) is 4.83. The van der Waals surface area contributed by atoms with Crippen LogP contribution in [0.4, 0.5) is 4.39 Å². The average molecular weight is 294 g/mol. The Bertz CT molecular complexity index is 424. The molecule has 0 amide bonds. The van der Waals surface area contributed by atoms with E-state index < -0.39 is 12.3 Å². The zero-order valence-electron chi connectivity index (χ0n) is 13.7. The summed E-state index contributed by atoms with van der Waals surface area (Å²) >= 11 is 0. The number of fused-ring (bicyclic) bond motifs is 5. The molecule has 0 aromatic carbocycles. The van der Waals surface area contributed by atoms with Crippen molar-refractivity contribution in [3.8, 4) is 0 Å². The second-order valence-electron chi connectivity index (χ2n) is 9.19. The van der Waals surface area contributed by atoms with Crippen LogP contribution in [-0.4, -0.2) is 17.4 Å². The lowest BCUT2D eigenvalue weighted by molar-refractivity contribution is -0.170. The minimum Gasteiger partial charge on any atom is -0.392 e. The first-order valence-electron chi connectivity index (χ1n) is 9.27. The summed E-state index contributed by atoms with van der Waals surface area (Å²) < 4.78 is 13.9. The minimum absolute atomic E-state index is 0.00454. The standard InChI is InChI=1S/C19H31FO/c1-18-8-3-4-15(18)14-6-5-12-10-13(20)11-17(21)19(12,2)16(14)7-9-18/h12-17,21H,3-11H2,1-2H3/t12?,13?,14-,15-,16-,17?,18-,19-/m0/s1. The van der Waals surface area contributed by atoms with E-state index in [2.05, 4.69) is 13.8 Å². The molecule has 0 heterocycles. The van der Waals surface area contributed by atoms with Crippen LogP contribution in [0.25, 0.3) is 0 Å². The van der Waals surface area contributed by atoms with Gasteiger partial charge in [0, 0.05) is 6.42 Å². The SMILES string of the molecule is C[C@@]12CCC[C@H]1[C@@H]1CCC3CC(F)CC(O)[C@]3(C)[C@H]1CC2. The lowest BCUT2D eigenvalue weighted by atomic mass is 9.44. The van der Waals surface area contributed by atoms with Gasteiger partial charge in [-0.2, -0.15) is 0 Å². The number of hydrogen-bond acceptors (Lipinski definition) is 1. The first kappa shape index (κ1) is 14.5. The van der Waals surface area contributed by atoms with Crippen LogP contribution in [-0.2, 0) is 0 Å². The molecule has 120 valence electrons. The van der Waals surface area contributed by atoms with E-state index in [1.54, 1.807) is 0 Å². The highest BCUT2D eigenvalue weighted by Crippen LogP contribution is 2.66. The maximum Gasteiger partial charge on any atom is 0.103 e. The van der Waals surface area contributed by atoms with Gasteiger partial charge in [0.25, 0.3) is 0 Å². The maximum absolute atomic E-state index is 13.9. The summed E-state index contributed by atoms with van der Waals surface area (Å²) in [6.07, 6.45) is 9.20. The fourth-order valence-corrected chi connectivity index (χ4v) is 7.25. The third-order valence-corrected chi connectivity index (χ3v) is 8.48. The molecule has 0 saturated heterocycles. The quantitative estimate of drug-likeness (QED) is 0.685. The van der Waals surface area contributed by atoms with Crippen molar-refractivity contribution in [1.29, 1.82) is 0 Å². The molecule has 1 N–H and O–H groups in total. The molecule has 4 aliphatic carbocycles. The molecule has 2 heteroatoms. The fourth-order valence-electron chi connectivity index (χ4n) is 7.25. The number of aliphatic hydroxyl groups excluding tert-OH is 1. The van der Waals surface area contributed by atoms with Gasteiger partial charge in [-0.3, -0.25) is 0 Å². The molecule has 8 atom stereocenters. The van der Waals surface area contributed by atoms with Crippen molar-refractivity contribution < 1.29 is 9.50 Å². The zero-order valence-corrected chi connectivity index (χ0v) is 13.7. The molecule has 0 bridgehead atoms. The number of alkyl halides is 1. The molecule has 4 fully saturated rings. The van der Waals surface area contributed by atoms with Crippen LogP contribution >= 0.6 is 0 Å². The molecule has 4 saturated carbocycles. The van der Waals surface area contributed by atoms with E-state index in [-0.39, 0.29) is 5.41 Å². The Labute approximate surface area is 128 Å². The molecule has 3 unspecified atom stereocenters. The summed E-state index contributed by atoms with van der Waals surface area (Å²) in [4.78, 5) is 0. The van der Waals surface area contributed by atoms with E-state index in [9.17, 15) is 9.50 Å². The van der Waals surface area contributed by atoms with Gasteiger partial charge in [-0.05, 0) is 79.4 Å². The van der Waals surface area contributed by atoms with E-state index in [4.69, 9.17) is 0 Å². The third kappa shape index (κ3) is 1.90. The predicted molar refractivity (Wildman–Crippen MR) is 82.6 cm³/mol. The largest absolute Gasteiger partial charge is 0.392 e. The van der Waals surface area contributed by atoms with Crippen molar-refractivity contribution in [1.82, 2.24) is 0 Å². The Morgan fingerprint density at radius 3 is 2.57 bits per heavy atom. The normalized spacial score (nSPS) is 60.0. The van der Waals surface area contributed by atoms with E-state index in [0.717, 1.165) is 18.3 Å². The lowest BCUT2D eigenvalue weighted by Gasteiger charge is -2.61. The van der Waals surface area contributed by atoms with Crippen LogP contribution in [0.15, 0.2) is 0 Å². The highest BCUT2D eigenvalue weighted by Gasteiger charge is 2.60. The van der Waals surface area contributed by atoms with E-state index in [1.807, 2.05) is 0 Å². The van der Waals surface area contributed by atoms with Gasteiger partial charge in [0.1, 0.15) is 6.17 Å². The van der Waals surface area contributed by atoms with Crippen LogP contribution in [0.2, 0.25) is 0 Å². The smallest absolute Gasteiger partial charge is 0.103 e. The highest BCUT2D eigenvalue weighted by atomic mass is 19.1. The lowest BCUT2D eigenvalue weighted by Crippen LogP contribution is -2.58. The number of aliphatic hydroxyl groups is 1. The Kier molecular flexibility index (Phi) is 3.24. The monoisotopic (exact) mass is 294 g/mol. The van der Waals surface area contributed by atoms with Gasteiger partial charge in [0.2, 0.25) is 0 Å². The Morgan fingerprint density at radius 2 is 1.76 bits per heavy atom. The van der Waals surface area contributed by atoms with Crippen LogP contribution in [0.1, 0.15) is 71.6 Å². The molecule has 1 nitrogen and oxygen atoms in total. The van der Waals surface area contributed by atoms with E-state index in [1.165, 1.54) is 38.5 Å². The second-order valence-corrected chi connectivity index (χ2v) is 9.19. The van der Waals surface area contributed by atoms with Crippen molar-refractivity contribution >= 4 is 0 Å². The van der Waals surface area contributed by atoms with Gasteiger partial charge >= 0.3 is 0 Å². The molecular formula is C19H31FO. The van der Waals surface area contributed by atoms with Gasteiger partial charge in [-0.1, -0.05) is 20.3 Å². The first-order chi connectivity index (χ1) is 9.95.